The van der Waals surface area contributed by atoms with Crippen molar-refractivity contribution in [1.82, 2.24) is 9.97 Å². The lowest BCUT2D eigenvalue weighted by molar-refractivity contribution is 0.607. The van der Waals surface area contributed by atoms with E-state index in [-0.39, 0.29) is 28.7 Å². The number of aromatic amines is 1. The molecule has 0 amide bonds. The summed E-state index contributed by atoms with van der Waals surface area (Å²) >= 11 is 0. The van der Waals surface area contributed by atoms with Gasteiger partial charge in [-0.05, 0) is 32.0 Å². The number of rotatable bonds is 7. The molecule has 0 aliphatic heterocycles. The molecular weight excluding hydrogens is 368 g/mol. The van der Waals surface area contributed by atoms with Crippen molar-refractivity contribution >= 4 is 33.0 Å². The summed E-state index contributed by atoms with van der Waals surface area (Å²) in [6.07, 6.45) is 1.04. The molecule has 11 heteroatoms. The van der Waals surface area contributed by atoms with E-state index < -0.39 is 10.0 Å². The lowest BCUT2D eigenvalue weighted by Gasteiger charge is -2.22. The molecular formula is C16H18N8O2S. The van der Waals surface area contributed by atoms with Gasteiger partial charge in [-0.2, -0.15) is 15.5 Å². The normalized spacial score (nSPS) is 11.1. The third-order valence-electron chi connectivity index (χ3n) is 3.57. The second-order valence-corrected chi connectivity index (χ2v) is 7.20. The molecule has 0 spiro atoms. The van der Waals surface area contributed by atoms with Crippen molar-refractivity contribution in [2.45, 2.75) is 13.8 Å². The molecule has 0 atom stereocenters. The van der Waals surface area contributed by atoms with Gasteiger partial charge in [-0.1, -0.05) is 0 Å². The van der Waals surface area contributed by atoms with E-state index in [0.717, 1.165) is 25.0 Å². The van der Waals surface area contributed by atoms with E-state index in [0.29, 0.717) is 0 Å². The minimum atomic E-state index is -3.53. The Bertz CT molecular complexity index is 1010. The van der Waals surface area contributed by atoms with E-state index in [9.17, 15) is 8.42 Å². The quantitative estimate of drug-likeness (QED) is 0.698. The Labute approximate surface area is 157 Å². The van der Waals surface area contributed by atoms with Crippen LogP contribution < -0.4 is 9.62 Å². The molecule has 140 valence electrons. The van der Waals surface area contributed by atoms with Gasteiger partial charge in [-0.25, -0.2) is 8.42 Å². The monoisotopic (exact) mass is 386 g/mol. The summed E-state index contributed by atoms with van der Waals surface area (Å²) in [7, 11) is -3.53. The molecule has 0 unspecified atom stereocenters. The molecule has 0 bridgehead atoms. The molecule has 1 aromatic carbocycles. The van der Waals surface area contributed by atoms with Gasteiger partial charge in [-0.3, -0.25) is 4.72 Å². The molecule has 1 aromatic heterocycles. The van der Waals surface area contributed by atoms with Gasteiger partial charge in [0, 0.05) is 18.8 Å². The summed E-state index contributed by atoms with van der Waals surface area (Å²) in [6, 6.07) is 8.68. The van der Waals surface area contributed by atoms with Crippen LogP contribution in [0.5, 0.6) is 0 Å². The fraction of sp³-hybridized carbons (Fsp3) is 0.312. The average molecular weight is 386 g/mol. The maximum Gasteiger partial charge on any atom is 0.249 e. The van der Waals surface area contributed by atoms with Crippen molar-refractivity contribution in [3.63, 3.8) is 0 Å². The first kappa shape index (κ1) is 19.9. The van der Waals surface area contributed by atoms with Gasteiger partial charge in [0.2, 0.25) is 16.0 Å². The number of azo groups is 1. The van der Waals surface area contributed by atoms with Crippen molar-refractivity contribution in [3.8, 4) is 12.1 Å². The SMILES string of the molecule is CCN(CC)c1ccc(N=Nc2nc(C#N)c(C#N)[nH]2)c(NS(C)(=O)=O)c1. The Kier molecular flexibility index (Phi) is 6.11. The smallest absolute Gasteiger partial charge is 0.249 e. The van der Waals surface area contributed by atoms with Crippen LogP contribution in [0.1, 0.15) is 25.2 Å². The van der Waals surface area contributed by atoms with Crippen molar-refractivity contribution in [2.24, 2.45) is 10.2 Å². The fourth-order valence-corrected chi connectivity index (χ4v) is 2.91. The minimum Gasteiger partial charge on any atom is -0.372 e. The first-order valence-electron chi connectivity index (χ1n) is 8.00. The number of nitriles is 2. The van der Waals surface area contributed by atoms with E-state index in [4.69, 9.17) is 10.5 Å². The second kappa shape index (κ2) is 8.29. The first-order valence-corrected chi connectivity index (χ1v) is 9.89. The van der Waals surface area contributed by atoms with Gasteiger partial charge in [0.1, 0.15) is 17.8 Å². The predicted molar refractivity (Wildman–Crippen MR) is 101 cm³/mol. The Hall–Kier alpha value is -3.44. The number of imidazole rings is 1. The molecule has 1 heterocycles. The molecule has 2 N–H and O–H groups in total. The summed E-state index contributed by atoms with van der Waals surface area (Å²) in [5.74, 6) is -0.0266. The highest BCUT2D eigenvalue weighted by molar-refractivity contribution is 7.92. The lowest BCUT2D eigenvalue weighted by atomic mass is 10.2. The van der Waals surface area contributed by atoms with Crippen LogP contribution in [0.25, 0.3) is 0 Å². The van der Waals surface area contributed by atoms with Crippen molar-refractivity contribution in [3.05, 3.63) is 29.6 Å². The molecule has 0 saturated heterocycles. The average Bonchev–Trinajstić information content (AvgIpc) is 3.03. The number of hydrogen-bond donors (Lipinski definition) is 2. The first-order chi connectivity index (χ1) is 12.8. The largest absolute Gasteiger partial charge is 0.372 e. The van der Waals surface area contributed by atoms with Crippen molar-refractivity contribution in [1.29, 1.82) is 10.5 Å². The molecule has 0 radical (unpaired) electrons. The summed E-state index contributed by atoms with van der Waals surface area (Å²) in [4.78, 5) is 8.47. The Morgan fingerprint density at radius 2 is 1.93 bits per heavy atom. The number of anilines is 2. The number of nitrogens with zero attached hydrogens (tertiary/aromatic N) is 6. The van der Waals surface area contributed by atoms with Crippen LogP contribution >= 0.6 is 0 Å². The Morgan fingerprint density at radius 3 is 2.44 bits per heavy atom. The van der Waals surface area contributed by atoms with Gasteiger partial charge in [0.05, 0.1) is 11.9 Å². The molecule has 10 nitrogen and oxygen atoms in total. The zero-order valence-electron chi connectivity index (χ0n) is 15.1. The van der Waals surface area contributed by atoms with Crippen LogP contribution in [0.4, 0.5) is 23.0 Å². The van der Waals surface area contributed by atoms with Gasteiger partial charge in [0.25, 0.3) is 0 Å². The third kappa shape index (κ3) is 5.03. The van der Waals surface area contributed by atoms with Gasteiger partial charge >= 0.3 is 0 Å². The van der Waals surface area contributed by atoms with E-state index in [1.807, 2.05) is 13.8 Å². The predicted octanol–water partition coefficient (Wildman–Crippen LogP) is 2.79. The maximum atomic E-state index is 11.7. The number of H-pyrrole nitrogens is 1. The van der Waals surface area contributed by atoms with Crippen LogP contribution in [0.15, 0.2) is 28.4 Å². The van der Waals surface area contributed by atoms with Gasteiger partial charge < -0.3 is 9.88 Å². The second-order valence-electron chi connectivity index (χ2n) is 5.46. The summed E-state index contributed by atoms with van der Waals surface area (Å²) in [5, 5.41) is 25.7. The van der Waals surface area contributed by atoms with Crippen LogP contribution in [0.3, 0.4) is 0 Å². The molecule has 2 aromatic rings. The fourth-order valence-electron chi connectivity index (χ4n) is 2.35. The summed E-state index contributed by atoms with van der Waals surface area (Å²) in [5.41, 5.74) is 1.26. The number of benzene rings is 1. The number of aromatic nitrogens is 2. The third-order valence-corrected chi connectivity index (χ3v) is 4.16. The van der Waals surface area contributed by atoms with E-state index in [2.05, 4.69) is 29.8 Å². The highest BCUT2D eigenvalue weighted by atomic mass is 32.2. The molecule has 2 rings (SSSR count). The minimum absolute atomic E-state index is 0.0159. The zero-order chi connectivity index (χ0) is 20.0. The molecule has 0 saturated carbocycles. The van der Waals surface area contributed by atoms with Crippen LogP contribution in [-0.4, -0.2) is 37.7 Å². The van der Waals surface area contributed by atoms with Crippen molar-refractivity contribution < 1.29 is 8.42 Å². The molecule has 0 fully saturated rings. The van der Waals surface area contributed by atoms with Gasteiger partial charge in [-0.15, -0.1) is 10.2 Å². The highest BCUT2D eigenvalue weighted by Gasteiger charge is 2.12. The number of sulfonamides is 1. The Morgan fingerprint density at radius 1 is 1.22 bits per heavy atom. The molecule has 0 aliphatic rings. The number of nitrogens with one attached hydrogen (secondary N) is 2. The molecule has 27 heavy (non-hydrogen) atoms. The van der Waals surface area contributed by atoms with E-state index in [1.54, 1.807) is 30.3 Å². The lowest BCUT2D eigenvalue weighted by Crippen LogP contribution is -2.22. The zero-order valence-corrected chi connectivity index (χ0v) is 15.9. The topological polar surface area (TPSA) is 150 Å². The highest BCUT2D eigenvalue weighted by Crippen LogP contribution is 2.32. The van der Waals surface area contributed by atoms with Crippen LogP contribution in [0, 0.1) is 22.7 Å². The molecule has 0 aliphatic carbocycles. The van der Waals surface area contributed by atoms with E-state index in [1.165, 1.54) is 0 Å². The van der Waals surface area contributed by atoms with Crippen LogP contribution in [0.2, 0.25) is 0 Å². The summed E-state index contributed by atoms with van der Waals surface area (Å²) < 4.78 is 25.8. The Balaban J connectivity index is 2.44. The van der Waals surface area contributed by atoms with Crippen LogP contribution in [-0.2, 0) is 10.0 Å². The standard InChI is InChI=1S/C16H18N8O2S/c1-4-24(5-2)11-6-7-12(13(8-11)23-27(3,25)26)21-22-16-19-14(9-17)15(10-18)20-16/h6-8,23H,4-5H2,1-3H3,(H,19,20). The summed E-state index contributed by atoms with van der Waals surface area (Å²) in [6.45, 7) is 5.51. The van der Waals surface area contributed by atoms with Crippen molar-refractivity contribution in [2.75, 3.05) is 29.0 Å². The number of hydrogen-bond acceptors (Lipinski definition) is 8. The maximum absolute atomic E-state index is 11.7. The van der Waals surface area contributed by atoms with E-state index >= 15 is 0 Å². The van der Waals surface area contributed by atoms with Gasteiger partial charge in [0.15, 0.2) is 11.4 Å².